The van der Waals surface area contributed by atoms with E-state index in [0.29, 0.717) is 6.04 Å². The van der Waals surface area contributed by atoms with Crippen LogP contribution in [-0.4, -0.2) is 36.6 Å². The lowest BCUT2D eigenvalue weighted by molar-refractivity contribution is -0.0174. The zero-order valence-electron chi connectivity index (χ0n) is 14.5. The lowest BCUT2D eigenvalue weighted by Gasteiger charge is -2.55. The van der Waals surface area contributed by atoms with Crippen LogP contribution >= 0.6 is 0 Å². The second kappa shape index (κ2) is 7.00. The van der Waals surface area contributed by atoms with E-state index < -0.39 is 0 Å². The van der Waals surface area contributed by atoms with Crippen LogP contribution in [0.1, 0.15) is 65.7 Å². The van der Waals surface area contributed by atoms with Crippen molar-refractivity contribution < 1.29 is 0 Å². The molecule has 4 fully saturated rings. The highest BCUT2D eigenvalue weighted by Crippen LogP contribution is 2.53. The zero-order chi connectivity index (χ0) is 14.8. The monoisotopic (exact) mass is 292 g/mol. The van der Waals surface area contributed by atoms with Crippen molar-refractivity contribution in [2.45, 2.75) is 77.8 Å². The molecule has 0 heterocycles. The topological polar surface area (TPSA) is 15.3 Å². The molecule has 0 saturated heterocycles. The molecule has 1 atom stereocenters. The molecule has 4 aliphatic carbocycles. The Bertz CT molecular complexity index is 296. The Morgan fingerprint density at radius 1 is 0.952 bits per heavy atom. The van der Waals surface area contributed by atoms with Gasteiger partial charge in [0, 0.05) is 12.1 Å². The predicted octanol–water partition coefficient (Wildman–Crippen LogP) is 3.91. The van der Waals surface area contributed by atoms with E-state index in [1.807, 2.05) is 0 Å². The molecule has 0 radical (unpaired) electrons. The first kappa shape index (κ1) is 15.8. The Kier molecular flexibility index (Phi) is 5.27. The van der Waals surface area contributed by atoms with E-state index in [-0.39, 0.29) is 0 Å². The molecule has 0 spiro atoms. The van der Waals surface area contributed by atoms with Crippen molar-refractivity contribution >= 4 is 0 Å². The van der Waals surface area contributed by atoms with Gasteiger partial charge in [-0.1, -0.05) is 13.8 Å². The maximum atomic E-state index is 4.05. The van der Waals surface area contributed by atoms with Gasteiger partial charge in [0.15, 0.2) is 0 Å². The minimum absolute atomic E-state index is 0.711. The van der Waals surface area contributed by atoms with Gasteiger partial charge in [-0.2, -0.15) is 0 Å². The van der Waals surface area contributed by atoms with Gasteiger partial charge in [-0.25, -0.2) is 0 Å². The van der Waals surface area contributed by atoms with E-state index in [1.165, 1.54) is 58.2 Å². The predicted molar refractivity (Wildman–Crippen MR) is 90.5 cm³/mol. The Morgan fingerprint density at radius 3 is 2.05 bits per heavy atom. The maximum absolute atomic E-state index is 4.05. The lowest BCUT2D eigenvalue weighted by atomic mass is 9.54. The van der Waals surface area contributed by atoms with E-state index in [1.54, 1.807) is 6.42 Å². The SMILES string of the molecule is CCN(CC)CCCC(C)NC1C2CC3CC(C2)CC1C3. The van der Waals surface area contributed by atoms with Crippen molar-refractivity contribution in [3.8, 4) is 0 Å². The summed E-state index contributed by atoms with van der Waals surface area (Å²) in [6.45, 7) is 10.7. The van der Waals surface area contributed by atoms with Gasteiger partial charge in [0.25, 0.3) is 0 Å². The fraction of sp³-hybridized carbons (Fsp3) is 1.00. The molecular formula is C19H36N2. The molecular weight excluding hydrogens is 256 g/mol. The molecule has 1 N–H and O–H groups in total. The average Bonchev–Trinajstić information content (AvgIpc) is 2.47. The first-order valence-electron chi connectivity index (χ1n) is 9.67. The third-order valence-corrected chi connectivity index (χ3v) is 6.71. The quantitative estimate of drug-likeness (QED) is 0.729. The molecule has 4 saturated carbocycles. The van der Waals surface area contributed by atoms with Crippen LogP contribution in [0.5, 0.6) is 0 Å². The summed E-state index contributed by atoms with van der Waals surface area (Å²) < 4.78 is 0. The Morgan fingerprint density at radius 2 is 1.52 bits per heavy atom. The van der Waals surface area contributed by atoms with Crippen LogP contribution in [0.2, 0.25) is 0 Å². The number of nitrogens with one attached hydrogen (secondary N) is 1. The Balaban J connectivity index is 1.42. The van der Waals surface area contributed by atoms with E-state index in [2.05, 4.69) is 31.0 Å². The van der Waals surface area contributed by atoms with Crippen LogP contribution in [0, 0.1) is 23.7 Å². The van der Waals surface area contributed by atoms with Crippen LogP contribution in [0.25, 0.3) is 0 Å². The highest BCUT2D eigenvalue weighted by atomic mass is 15.1. The average molecular weight is 293 g/mol. The van der Waals surface area contributed by atoms with Crippen molar-refractivity contribution in [2.75, 3.05) is 19.6 Å². The zero-order valence-corrected chi connectivity index (χ0v) is 14.5. The molecule has 0 aromatic rings. The highest BCUT2D eigenvalue weighted by Gasteiger charge is 2.48. The van der Waals surface area contributed by atoms with Crippen molar-refractivity contribution in [3.63, 3.8) is 0 Å². The summed E-state index contributed by atoms with van der Waals surface area (Å²) in [5.41, 5.74) is 0. The molecule has 0 aromatic heterocycles. The van der Waals surface area contributed by atoms with Gasteiger partial charge in [-0.05, 0) is 95.2 Å². The Labute approximate surface area is 132 Å². The number of rotatable bonds is 8. The Hall–Kier alpha value is -0.0800. The summed E-state index contributed by atoms with van der Waals surface area (Å²) >= 11 is 0. The van der Waals surface area contributed by atoms with E-state index in [0.717, 1.165) is 29.7 Å². The van der Waals surface area contributed by atoms with Gasteiger partial charge >= 0.3 is 0 Å². The van der Waals surface area contributed by atoms with Gasteiger partial charge in [0.05, 0.1) is 0 Å². The highest BCUT2D eigenvalue weighted by molar-refractivity contribution is 5.01. The van der Waals surface area contributed by atoms with Crippen molar-refractivity contribution in [1.82, 2.24) is 10.2 Å². The van der Waals surface area contributed by atoms with Crippen molar-refractivity contribution in [3.05, 3.63) is 0 Å². The maximum Gasteiger partial charge on any atom is 0.0126 e. The number of hydrogen-bond donors (Lipinski definition) is 1. The smallest absolute Gasteiger partial charge is 0.0126 e. The summed E-state index contributed by atoms with van der Waals surface area (Å²) in [4.78, 5) is 2.55. The van der Waals surface area contributed by atoms with Crippen molar-refractivity contribution in [1.29, 1.82) is 0 Å². The molecule has 0 aliphatic heterocycles. The van der Waals surface area contributed by atoms with Crippen LogP contribution in [0.4, 0.5) is 0 Å². The van der Waals surface area contributed by atoms with E-state index in [9.17, 15) is 0 Å². The number of hydrogen-bond acceptors (Lipinski definition) is 2. The molecule has 1 unspecified atom stereocenters. The fourth-order valence-electron chi connectivity index (χ4n) is 5.77. The number of nitrogens with zero attached hydrogens (tertiary/aromatic N) is 1. The van der Waals surface area contributed by atoms with Crippen LogP contribution in [-0.2, 0) is 0 Å². The summed E-state index contributed by atoms with van der Waals surface area (Å²) in [5.74, 6) is 4.24. The van der Waals surface area contributed by atoms with Crippen LogP contribution in [0.15, 0.2) is 0 Å². The molecule has 4 rings (SSSR count). The molecule has 122 valence electrons. The fourth-order valence-corrected chi connectivity index (χ4v) is 5.77. The summed E-state index contributed by atoms with van der Waals surface area (Å²) in [7, 11) is 0. The van der Waals surface area contributed by atoms with E-state index in [4.69, 9.17) is 0 Å². The van der Waals surface area contributed by atoms with Gasteiger partial charge in [0.1, 0.15) is 0 Å². The third-order valence-electron chi connectivity index (χ3n) is 6.71. The summed E-state index contributed by atoms with van der Waals surface area (Å²) in [6, 6.07) is 1.57. The largest absolute Gasteiger partial charge is 0.311 e. The van der Waals surface area contributed by atoms with Gasteiger partial charge in [-0.15, -0.1) is 0 Å². The molecule has 4 bridgehead atoms. The molecule has 0 amide bonds. The standard InChI is InChI=1S/C19H36N2/c1-4-21(5-2)8-6-7-14(3)20-19-17-10-15-9-16(12-17)13-18(19)11-15/h14-20H,4-13H2,1-3H3. The molecule has 4 aliphatic rings. The third kappa shape index (κ3) is 3.64. The van der Waals surface area contributed by atoms with E-state index >= 15 is 0 Å². The van der Waals surface area contributed by atoms with Gasteiger partial charge < -0.3 is 10.2 Å². The minimum Gasteiger partial charge on any atom is -0.311 e. The van der Waals surface area contributed by atoms with Gasteiger partial charge in [-0.3, -0.25) is 0 Å². The van der Waals surface area contributed by atoms with Crippen LogP contribution in [0.3, 0.4) is 0 Å². The van der Waals surface area contributed by atoms with Gasteiger partial charge in [0.2, 0.25) is 0 Å². The first-order chi connectivity index (χ1) is 10.2. The second-order valence-electron chi connectivity index (χ2n) is 8.19. The minimum atomic E-state index is 0.711. The second-order valence-corrected chi connectivity index (χ2v) is 8.19. The molecule has 0 aromatic carbocycles. The molecule has 2 heteroatoms. The first-order valence-corrected chi connectivity index (χ1v) is 9.67. The molecule has 2 nitrogen and oxygen atoms in total. The molecule has 21 heavy (non-hydrogen) atoms. The van der Waals surface area contributed by atoms with Crippen LogP contribution < -0.4 is 5.32 Å². The lowest BCUT2D eigenvalue weighted by Crippen LogP contribution is -2.56. The summed E-state index contributed by atoms with van der Waals surface area (Å²) in [6.07, 6.45) is 10.4. The summed E-state index contributed by atoms with van der Waals surface area (Å²) in [5, 5.41) is 4.05. The van der Waals surface area contributed by atoms with Crippen molar-refractivity contribution in [2.24, 2.45) is 23.7 Å². The normalized spacial score (nSPS) is 39.1.